The van der Waals surface area contributed by atoms with Crippen molar-refractivity contribution in [1.82, 2.24) is 15.3 Å². The van der Waals surface area contributed by atoms with E-state index in [1.165, 1.54) is 0 Å². The van der Waals surface area contributed by atoms with Crippen LogP contribution in [0.15, 0.2) is 24.5 Å². The Kier molecular flexibility index (Phi) is 3.72. The number of hydrogen-bond acceptors (Lipinski definition) is 5. The van der Waals surface area contributed by atoms with Crippen molar-refractivity contribution in [1.29, 1.82) is 0 Å². The van der Waals surface area contributed by atoms with Gasteiger partial charge in [0.05, 0.1) is 32.3 Å². The summed E-state index contributed by atoms with van der Waals surface area (Å²) in [6, 6.07) is 4.42. The minimum atomic E-state index is -0.891. The van der Waals surface area contributed by atoms with E-state index in [2.05, 4.69) is 15.3 Å². The molecule has 0 aliphatic carbocycles. The molecule has 0 fully saturated rings. The van der Waals surface area contributed by atoms with E-state index in [4.69, 9.17) is 9.47 Å². The third kappa shape index (κ3) is 2.39. The number of rotatable bonds is 4. The summed E-state index contributed by atoms with van der Waals surface area (Å²) in [4.78, 5) is 18.7. The van der Waals surface area contributed by atoms with Gasteiger partial charge < -0.3 is 19.6 Å². The molecule has 0 spiro atoms. The molecule has 116 valence electrons. The summed E-state index contributed by atoms with van der Waals surface area (Å²) < 4.78 is 10.6. The fraction of sp³-hybridized carbons (Fsp3) is 0.333. The summed E-state index contributed by atoms with van der Waals surface area (Å²) in [6.07, 6.45) is 1.96. The molecule has 2 atom stereocenters. The lowest BCUT2D eigenvalue weighted by Crippen LogP contribution is -2.45. The standard InChI is InChI=1S/C15H17N3O4/c1-21-8-3-4-9(12(5-8)22-2)13-14-10(16-7-17-14)6-11(18-13)15(19)20/h3-5,7,11,13,18H,6H2,1-2H3,(H,16,17)(H,19,20)/t11-,13+/m1/s1. The van der Waals surface area contributed by atoms with E-state index in [0.717, 1.165) is 17.0 Å². The number of fused-ring (bicyclic) bond motifs is 1. The van der Waals surface area contributed by atoms with Crippen molar-refractivity contribution in [3.05, 3.63) is 41.5 Å². The monoisotopic (exact) mass is 303 g/mol. The number of nitrogens with zero attached hydrogens (tertiary/aromatic N) is 1. The molecule has 22 heavy (non-hydrogen) atoms. The number of carboxylic acids is 1. The molecule has 3 rings (SSSR count). The first-order valence-corrected chi connectivity index (χ1v) is 6.87. The third-order valence-electron chi connectivity index (χ3n) is 3.85. The molecule has 0 unspecified atom stereocenters. The van der Waals surface area contributed by atoms with Gasteiger partial charge in [0.15, 0.2) is 0 Å². The molecular weight excluding hydrogens is 286 g/mol. The summed E-state index contributed by atoms with van der Waals surface area (Å²) >= 11 is 0. The molecule has 1 aromatic carbocycles. The van der Waals surface area contributed by atoms with Crippen LogP contribution in [-0.2, 0) is 11.2 Å². The summed E-state index contributed by atoms with van der Waals surface area (Å²) in [5.41, 5.74) is 2.44. The zero-order valence-corrected chi connectivity index (χ0v) is 12.3. The predicted molar refractivity (Wildman–Crippen MR) is 78.2 cm³/mol. The van der Waals surface area contributed by atoms with E-state index < -0.39 is 12.0 Å². The van der Waals surface area contributed by atoms with Crippen molar-refractivity contribution < 1.29 is 19.4 Å². The largest absolute Gasteiger partial charge is 0.497 e. The van der Waals surface area contributed by atoms with E-state index >= 15 is 0 Å². The molecule has 1 aliphatic rings. The van der Waals surface area contributed by atoms with Gasteiger partial charge in [-0.3, -0.25) is 10.1 Å². The quantitative estimate of drug-likeness (QED) is 0.783. The van der Waals surface area contributed by atoms with Gasteiger partial charge in [0.25, 0.3) is 0 Å². The molecule has 1 aliphatic heterocycles. The summed E-state index contributed by atoms with van der Waals surface area (Å²) in [5, 5.41) is 12.4. The van der Waals surface area contributed by atoms with Gasteiger partial charge in [0.2, 0.25) is 0 Å². The van der Waals surface area contributed by atoms with Gasteiger partial charge in [0, 0.05) is 23.7 Å². The van der Waals surface area contributed by atoms with E-state index in [1.807, 2.05) is 12.1 Å². The van der Waals surface area contributed by atoms with Crippen LogP contribution >= 0.6 is 0 Å². The molecule has 7 heteroatoms. The highest BCUT2D eigenvalue weighted by Gasteiger charge is 2.34. The Morgan fingerprint density at radius 1 is 1.36 bits per heavy atom. The number of methoxy groups -OCH3 is 2. The van der Waals surface area contributed by atoms with E-state index in [9.17, 15) is 9.90 Å². The highest BCUT2D eigenvalue weighted by molar-refractivity contribution is 5.74. The molecule has 0 amide bonds. The Morgan fingerprint density at radius 2 is 2.18 bits per heavy atom. The average molecular weight is 303 g/mol. The van der Waals surface area contributed by atoms with Crippen LogP contribution in [0, 0.1) is 0 Å². The van der Waals surface area contributed by atoms with E-state index in [1.54, 1.807) is 26.6 Å². The lowest BCUT2D eigenvalue weighted by Gasteiger charge is -2.29. The second-order valence-corrected chi connectivity index (χ2v) is 5.07. The first-order valence-electron chi connectivity index (χ1n) is 6.87. The van der Waals surface area contributed by atoms with Crippen LogP contribution in [0.3, 0.4) is 0 Å². The number of benzene rings is 1. The number of ether oxygens (including phenoxy) is 2. The second kappa shape index (κ2) is 5.69. The Morgan fingerprint density at radius 3 is 2.86 bits per heavy atom. The van der Waals surface area contributed by atoms with Crippen molar-refractivity contribution in [3.63, 3.8) is 0 Å². The molecule has 2 heterocycles. The minimum Gasteiger partial charge on any atom is -0.497 e. The highest BCUT2D eigenvalue weighted by atomic mass is 16.5. The van der Waals surface area contributed by atoms with Gasteiger partial charge in [-0.2, -0.15) is 0 Å². The van der Waals surface area contributed by atoms with Gasteiger partial charge >= 0.3 is 5.97 Å². The maximum atomic E-state index is 11.4. The smallest absolute Gasteiger partial charge is 0.321 e. The van der Waals surface area contributed by atoms with Gasteiger partial charge in [-0.25, -0.2) is 4.98 Å². The minimum absolute atomic E-state index is 0.350. The number of H-pyrrole nitrogens is 1. The zero-order valence-electron chi connectivity index (χ0n) is 12.3. The van der Waals surface area contributed by atoms with Crippen LogP contribution in [0.25, 0.3) is 0 Å². The Balaban J connectivity index is 2.05. The molecule has 0 bridgehead atoms. The molecule has 0 radical (unpaired) electrons. The highest BCUT2D eigenvalue weighted by Crippen LogP contribution is 2.35. The molecule has 3 N–H and O–H groups in total. The number of imidazole rings is 1. The number of carbonyl (C=O) groups is 1. The number of nitrogens with one attached hydrogen (secondary N) is 2. The van der Waals surface area contributed by atoms with Crippen molar-refractivity contribution in [2.24, 2.45) is 0 Å². The predicted octanol–water partition coefficient (Wildman–Crippen LogP) is 1.12. The summed E-state index contributed by atoms with van der Waals surface area (Å²) in [6.45, 7) is 0. The van der Waals surface area contributed by atoms with Gasteiger partial charge in [-0.05, 0) is 12.1 Å². The van der Waals surface area contributed by atoms with Gasteiger partial charge in [-0.15, -0.1) is 0 Å². The second-order valence-electron chi connectivity index (χ2n) is 5.07. The van der Waals surface area contributed by atoms with Crippen LogP contribution in [0.2, 0.25) is 0 Å². The fourth-order valence-corrected chi connectivity index (χ4v) is 2.74. The first kappa shape index (κ1) is 14.4. The number of aromatic amines is 1. The maximum Gasteiger partial charge on any atom is 0.321 e. The lowest BCUT2D eigenvalue weighted by atomic mass is 9.93. The summed E-state index contributed by atoms with van der Waals surface area (Å²) in [5.74, 6) is 0.406. The normalized spacial score (nSPS) is 20.3. The van der Waals surface area contributed by atoms with Crippen LogP contribution in [-0.4, -0.2) is 41.3 Å². The topological polar surface area (TPSA) is 96.5 Å². The zero-order chi connectivity index (χ0) is 15.7. The number of carboxylic acid groups (broad SMARTS) is 1. The Labute approximate surface area is 127 Å². The van der Waals surface area contributed by atoms with Gasteiger partial charge in [0.1, 0.15) is 17.5 Å². The van der Waals surface area contributed by atoms with Crippen molar-refractivity contribution >= 4 is 5.97 Å². The molecule has 0 saturated carbocycles. The fourth-order valence-electron chi connectivity index (χ4n) is 2.74. The van der Waals surface area contributed by atoms with E-state index in [-0.39, 0.29) is 6.04 Å². The molecule has 7 nitrogen and oxygen atoms in total. The van der Waals surface area contributed by atoms with Crippen LogP contribution < -0.4 is 14.8 Å². The van der Waals surface area contributed by atoms with Crippen molar-refractivity contribution in [2.45, 2.75) is 18.5 Å². The third-order valence-corrected chi connectivity index (χ3v) is 3.85. The summed E-state index contributed by atoms with van der Waals surface area (Å²) in [7, 11) is 3.15. The molecule has 0 saturated heterocycles. The van der Waals surface area contributed by atoms with E-state index in [0.29, 0.717) is 17.9 Å². The van der Waals surface area contributed by atoms with Crippen LogP contribution in [0.1, 0.15) is 23.0 Å². The molecule has 2 aromatic rings. The van der Waals surface area contributed by atoms with Gasteiger partial charge in [-0.1, -0.05) is 0 Å². The first-order chi connectivity index (χ1) is 10.6. The van der Waals surface area contributed by atoms with Crippen LogP contribution in [0.4, 0.5) is 0 Å². The average Bonchev–Trinajstić information content (AvgIpc) is 3.01. The number of aromatic nitrogens is 2. The SMILES string of the molecule is COc1ccc([C@@H]2N[C@@H](C(=O)O)Cc3[nH]cnc32)c(OC)c1. The number of hydrogen-bond donors (Lipinski definition) is 3. The maximum absolute atomic E-state index is 11.4. The number of aliphatic carboxylic acids is 1. The van der Waals surface area contributed by atoms with Crippen molar-refractivity contribution in [3.8, 4) is 11.5 Å². The lowest BCUT2D eigenvalue weighted by molar-refractivity contribution is -0.139. The van der Waals surface area contributed by atoms with Crippen molar-refractivity contribution in [2.75, 3.05) is 14.2 Å². The molecule has 1 aromatic heterocycles. The van der Waals surface area contributed by atoms with Crippen LogP contribution in [0.5, 0.6) is 11.5 Å². The molecular formula is C15H17N3O4. The Hall–Kier alpha value is -2.54. The Bertz CT molecular complexity index is 698.